The van der Waals surface area contributed by atoms with Crippen LogP contribution in [0.15, 0.2) is 30.5 Å². The van der Waals surface area contributed by atoms with Gasteiger partial charge in [0.05, 0.1) is 17.7 Å². The number of nitrogens with one attached hydrogen (secondary N) is 1. The number of carboxylic acids is 1. The molecule has 1 aromatic carbocycles. The van der Waals surface area contributed by atoms with Crippen molar-refractivity contribution in [2.24, 2.45) is 0 Å². The van der Waals surface area contributed by atoms with Gasteiger partial charge in [0, 0.05) is 23.3 Å². The molecule has 0 aliphatic heterocycles. The maximum atomic E-state index is 11.0. The smallest absolute Gasteiger partial charge is 0.337 e. The van der Waals surface area contributed by atoms with Gasteiger partial charge in [-0.05, 0) is 18.2 Å². The van der Waals surface area contributed by atoms with Crippen LogP contribution in [0.3, 0.4) is 0 Å². The molecule has 1 aromatic heterocycles. The Morgan fingerprint density at radius 1 is 1.38 bits per heavy atom. The minimum Gasteiger partial charge on any atom is -0.496 e. The molecule has 2 rings (SSSR count). The largest absolute Gasteiger partial charge is 0.496 e. The highest BCUT2D eigenvalue weighted by Crippen LogP contribution is 2.27. The highest BCUT2D eigenvalue weighted by molar-refractivity contribution is 6.33. The van der Waals surface area contributed by atoms with E-state index in [9.17, 15) is 4.79 Å². The van der Waals surface area contributed by atoms with Gasteiger partial charge >= 0.3 is 5.97 Å². The molecular weight excluding hydrogens is 315 g/mol. The van der Waals surface area contributed by atoms with Crippen LogP contribution in [-0.2, 0) is 6.54 Å². The molecular formula is C14H12Cl2N2O3. The van der Waals surface area contributed by atoms with E-state index in [2.05, 4.69) is 10.3 Å². The molecule has 2 aromatic rings. The third-order valence-electron chi connectivity index (χ3n) is 2.83. The van der Waals surface area contributed by atoms with Crippen molar-refractivity contribution >= 4 is 35.0 Å². The number of hydrogen-bond donors (Lipinski definition) is 2. The van der Waals surface area contributed by atoms with Gasteiger partial charge in [0.2, 0.25) is 0 Å². The van der Waals surface area contributed by atoms with Gasteiger partial charge in [-0.25, -0.2) is 9.78 Å². The monoisotopic (exact) mass is 326 g/mol. The Hall–Kier alpha value is -1.98. The van der Waals surface area contributed by atoms with Crippen molar-refractivity contribution in [3.63, 3.8) is 0 Å². The van der Waals surface area contributed by atoms with E-state index < -0.39 is 5.97 Å². The predicted molar refractivity (Wildman–Crippen MR) is 81.5 cm³/mol. The third kappa shape index (κ3) is 3.56. The summed E-state index contributed by atoms with van der Waals surface area (Å²) in [6.07, 6.45) is 1.29. The van der Waals surface area contributed by atoms with Crippen molar-refractivity contribution in [3.8, 4) is 5.75 Å². The molecule has 0 radical (unpaired) electrons. The number of hydrogen-bond acceptors (Lipinski definition) is 4. The lowest BCUT2D eigenvalue weighted by Gasteiger charge is -2.12. The lowest BCUT2D eigenvalue weighted by atomic mass is 10.2. The molecule has 0 amide bonds. The number of nitrogens with zero attached hydrogens (tertiary/aromatic N) is 1. The summed E-state index contributed by atoms with van der Waals surface area (Å²) in [6, 6.07) is 6.70. The topological polar surface area (TPSA) is 71.5 Å². The summed E-state index contributed by atoms with van der Waals surface area (Å²) in [4.78, 5) is 15.1. The Bertz CT molecular complexity index is 677. The van der Waals surface area contributed by atoms with Gasteiger partial charge in [0.15, 0.2) is 0 Å². The highest BCUT2D eigenvalue weighted by Gasteiger charge is 2.12. The molecule has 0 saturated carbocycles. The molecule has 21 heavy (non-hydrogen) atoms. The molecule has 0 aliphatic rings. The molecule has 110 valence electrons. The first-order valence-electron chi connectivity index (χ1n) is 5.97. The van der Waals surface area contributed by atoms with E-state index in [0.29, 0.717) is 23.1 Å². The van der Waals surface area contributed by atoms with E-state index in [1.165, 1.54) is 12.3 Å². The maximum absolute atomic E-state index is 11.0. The average Bonchev–Trinajstić information content (AvgIpc) is 2.46. The van der Waals surface area contributed by atoms with Gasteiger partial charge in [-0.2, -0.15) is 0 Å². The number of aromatic nitrogens is 1. The van der Waals surface area contributed by atoms with Crippen molar-refractivity contribution < 1.29 is 14.6 Å². The number of rotatable bonds is 5. The number of aromatic carboxylic acids is 1. The summed E-state index contributed by atoms with van der Waals surface area (Å²) < 4.78 is 5.24. The van der Waals surface area contributed by atoms with Crippen LogP contribution >= 0.6 is 23.2 Å². The van der Waals surface area contributed by atoms with Crippen LogP contribution in [0.5, 0.6) is 5.75 Å². The molecule has 0 saturated heterocycles. The van der Waals surface area contributed by atoms with Crippen molar-refractivity contribution in [1.29, 1.82) is 0 Å². The number of benzene rings is 1. The lowest BCUT2D eigenvalue weighted by Crippen LogP contribution is -2.06. The number of anilines is 1. The standard InChI is InChI=1S/C14H12Cl2N2O3/c1-21-12-4-2-3-10(15)9(12)6-17-13-5-8(14(19)20)11(16)7-18-13/h2-5,7H,6H2,1H3,(H,17,18)(H,19,20). The number of carboxylic acid groups (broad SMARTS) is 1. The Labute approximate surface area is 131 Å². The van der Waals surface area contributed by atoms with Crippen LogP contribution in [0.4, 0.5) is 5.82 Å². The minimum absolute atomic E-state index is 0.0136. The zero-order valence-corrected chi connectivity index (χ0v) is 12.6. The lowest BCUT2D eigenvalue weighted by molar-refractivity contribution is 0.0697. The minimum atomic E-state index is -1.11. The fourth-order valence-corrected chi connectivity index (χ4v) is 2.20. The number of carbonyl (C=O) groups is 1. The summed E-state index contributed by atoms with van der Waals surface area (Å²) in [7, 11) is 1.55. The molecule has 0 fully saturated rings. The van der Waals surface area contributed by atoms with Crippen LogP contribution < -0.4 is 10.1 Å². The van der Waals surface area contributed by atoms with Gasteiger partial charge in [-0.15, -0.1) is 0 Å². The summed E-state index contributed by atoms with van der Waals surface area (Å²) in [5.74, 6) is -0.0815. The van der Waals surface area contributed by atoms with E-state index in [4.69, 9.17) is 33.0 Å². The molecule has 5 nitrogen and oxygen atoms in total. The molecule has 0 spiro atoms. The van der Waals surface area contributed by atoms with Gasteiger partial charge < -0.3 is 15.2 Å². The fourth-order valence-electron chi connectivity index (χ4n) is 1.78. The Morgan fingerprint density at radius 2 is 2.14 bits per heavy atom. The van der Waals surface area contributed by atoms with E-state index >= 15 is 0 Å². The second kappa shape index (κ2) is 6.65. The van der Waals surface area contributed by atoms with Crippen molar-refractivity contribution in [1.82, 2.24) is 4.98 Å². The maximum Gasteiger partial charge on any atom is 0.337 e. The summed E-state index contributed by atoms with van der Waals surface area (Å²) in [5.41, 5.74) is 0.746. The highest BCUT2D eigenvalue weighted by atomic mass is 35.5. The first-order chi connectivity index (χ1) is 10.0. The molecule has 1 heterocycles. The second-order valence-corrected chi connectivity index (χ2v) is 4.94. The zero-order chi connectivity index (χ0) is 15.4. The normalized spacial score (nSPS) is 10.2. The first kappa shape index (κ1) is 15.4. The summed E-state index contributed by atoms with van der Waals surface area (Å²) >= 11 is 11.9. The van der Waals surface area contributed by atoms with Crippen LogP contribution in [0.1, 0.15) is 15.9 Å². The van der Waals surface area contributed by atoms with Crippen LogP contribution in [0.25, 0.3) is 0 Å². The van der Waals surface area contributed by atoms with Crippen LogP contribution in [-0.4, -0.2) is 23.2 Å². The summed E-state index contributed by atoms with van der Waals surface area (Å²) in [5, 5.41) is 12.7. The van der Waals surface area contributed by atoms with Crippen LogP contribution in [0.2, 0.25) is 10.0 Å². The molecule has 0 aliphatic carbocycles. The molecule has 7 heteroatoms. The molecule has 0 atom stereocenters. The Balaban J connectivity index is 2.21. The first-order valence-corrected chi connectivity index (χ1v) is 6.72. The predicted octanol–water partition coefficient (Wildman–Crippen LogP) is 3.71. The number of halogens is 2. The number of methoxy groups -OCH3 is 1. The SMILES string of the molecule is COc1cccc(Cl)c1CNc1cc(C(=O)O)c(Cl)cn1. The van der Waals surface area contributed by atoms with E-state index in [1.807, 2.05) is 0 Å². The fraction of sp³-hybridized carbons (Fsp3) is 0.143. The Kier molecular flexibility index (Phi) is 4.88. The number of ether oxygens (including phenoxy) is 1. The van der Waals surface area contributed by atoms with Crippen molar-refractivity contribution in [3.05, 3.63) is 51.6 Å². The van der Waals surface area contributed by atoms with E-state index in [0.717, 1.165) is 5.56 Å². The Morgan fingerprint density at radius 3 is 2.81 bits per heavy atom. The third-order valence-corrected chi connectivity index (χ3v) is 3.48. The van der Waals surface area contributed by atoms with Crippen molar-refractivity contribution in [2.75, 3.05) is 12.4 Å². The second-order valence-electron chi connectivity index (χ2n) is 4.13. The van der Waals surface area contributed by atoms with Gasteiger partial charge in [0.25, 0.3) is 0 Å². The quantitative estimate of drug-likeness (QED) is 0.876. The molecule has 0 bridgehead atoms. The zero-order valence-electron chi connectivity index (χ0n) is 11.1. The summed E-state index contributed by atoms with van der Waals surface area (Å²) in [6.45, 7) is 0.344. The van der Waals surface area contributed by atoms with Crippen molar-refractivity contribution in [2.45, 2.75) is 6.54 Å². The van der Waals surface area contributed by atoms with E-state index in [1.54, 1.807) is 25.3 Å². The van der Waals surface area contributed by atoms with Gasteiger partial charge in [-0.1, -0.05) is 29.3 Å². The average molecular weight is 327 g/mol. The number of pyridine rings is 1. The molecule has 0 unspecified atom stereocenters. The van der Waals surface area contributed by atoms with Gasteiger partial charge in [0.1, 0.15) is 11.6 Å². The van der Waals surface area contributed by atoms with Crippen LogP contribution in [0, 0.1) is 0 Å². The van der Waals surface area contributed by atoms with Gasteiger partial charge in [-0.3, -0.25) is 0 Å². The molecule has 2 N–H and O–H groups in total. The van der Waals surface area contributed by atoms with E-state index in [-0.39, 0.29) is 10.6 Å².